The van der Waals surface area contributed by atoms with Crippen LogP contribution in [0.2, 0.25) is 0 Å². The molecule has 0 aliphatic carbocycles. The van der Waals surface area contributed by atoms with Gasteiger partial charge in [-0.3, -0.25) is 0 Å². The molecule has 1 radical (unpaired) electrons. The van der Waals surface area contributed by atoms with Crippen LogP contribution >= 0.6 is 0 Å². The van der Waals surface area contributed by atoms with Gasteiger partial charge in [0.25, 0.3) is 0 Å². The molecule has 2 heterocycles. The molecule has 1 nitrogen and oxygen atoms in total. The molecule has 1 heteroatoms. The van der Waals surface area contributed by atoms with Gasteiger partial charge in [-0.15, -0.1) is 0 Å². The van der Waals surface area contributed by atoms with Crippen LogP contribution in [-0.2, 0) is 0 Å². The lowest BCUT2D eigenvalue weighted by atomic mass is 10.2. The second-order valence-corrected chi connectivity index (χ2v) is 2.26. The first-order valence-corrected chi connectivity index (χ1v) is 3.37. The molecule has 0 unspecified atom stereocenters. The summed E-state index contributed by atoms with van der Waals surface area (Å²) in [6.07, 6.45) is 16.5. The standard InChI is InChI=1S/C9H8N/c1-3-7-10-8-4-2-6-9(10)5-1/h1,3-5,7-8H,2H2. The fraction of sp³-hybridized carbons (Fsp3) is 0.111. The van der Waals surface area contributed by atoms with Gasteiger partial charge in [-0.2, -0.15) is 0 Å². The van der Waals surface area contributed by atoms with Crippen LogP contribution in [0.1, 0.15) is 6.42 Å². The van der Waals surface area contributed by atoms with Gasteiger partial charge in [0.05, 0.1) is 0 Å². The van der Waals surface area contributed by atoms with Crippen molar-refractivity contribution in [3.8, 4) is 0 Å². The molecule has 0 spiro atoms. The van der Waals surface area contributed by atoms with E-state index in [9.17, 15) is 0 Å². The average Bonchev–Trinajstić information content (AvgIpc) is 2.05. The summed E-state index contributed by atoms with van der Waals surface area (Å²) in [7, 11) is 0. The van der Waals surface area contributed by atoms with Gasteiger partial charge in [0, 0.05) is 18.1 Å². The maximum Gasteiger partial charge on any atom is 0.0488 e. The Kier molecular flexibility index (Phi) is 1.21. The van der Waals surface area contributed by atoms with Crippen molar-refractivity contribution in [2.45, 2.75) is 6.42 Å². The number of fused-ring (bicyclic) bond motifs is 1. The van der Waals surface area contributed by atoms with E-state index in [1.807, 2.05) is 18.4 Å². The van der Waals surface area contributed by atoms with Crippen molar-refractivity contribution in [3.05, 3.63) is 48.5 Å². The Morgan fingerprint density at radius 1 is 1.30 bits per heavy atom. The average molecular weight is 130 g/mol. The summed E-state index contributed by atoms with van der Waals surface area (Å²) in [4.78, 5) is 2.06. The smallest absolute Gasteiger partial charge is 0.0488 e. The summed E-state index contributed by atoms with van der Waals surface area (Å²) in [6, 6.07) is 0. The lowest BCUT2D eigenvalue weighted by Crippen LogP contribution is -2.11. The van der Waals surface area contributed by atoms with Gasteiger partial charge in [-0.05, 0) is 24.6 Å². The Balaban J connectivity index is 2.33. The Morgan fingerprint density at radius 3 is 3.20 bits per heavy atom. The molecule has 0 aromatic rings. The highest BCUT2D eigenvalue weighted by Gasteiger charge is 2.04. The number of rotatable bonds is 0. The number of allylic oxidation sites excluding steroid dienone is 5. The highest BCUT2D eigenvalue weighted by molar-refractivity contribution is 5.30. The van der Waals surface area contributed by atoms with E-state index in [-0.39, 0.29) is 0 Å². The van der Waals surface area contributed by atoms with Crippen LogP contribution in [0.3, 0.4) is 0 Å². The van der Waals surface area contributed by atoms with E-state index in [0.29, 0.717) is 0 Å². The monoisotopic (exact) mass is 130 g/mol. The SMILES string of the molecule is [C]1=C2C=CC=CN2C=CC1. The molecule has 10 heavy (non-hydrogen) atoms. The molecule has 2 rings (SSSR count). The normalized spacial score (nSPS) is 20.8. The highest BCUT2D eigenvalue weighted by atomic mass is 15.1. The van der Waals surface area contributed by atoms with E-state index >= 15 is 0 Å². The predicted molar refractivity (Wildman–Crippen MR) is 40.6 cm³/mol. The lowest BCUT2D eigenvalue weighted by Gasteiger charge is -2.21. The van der Waals surface area contributed by atoms with Crippen molar-refractivity contribution < 1.29 is 0 Å². The number of hydrogen-bond acceptors (Lipinski definition) is 1. The van der Waals surface area contributed by atoms with Crippen LogP contribution < -0.4 is 0 Å². The molecular formula is C9H8N. The van der Waals surface area contributed by atoms with Crippen molar-refractivity contribution in [2.24, 2.45) is 0 Å². The summed E-state index contributed by atoms with van der Waals surface area (Å²) in [5, 5.41) is 0. The molecule has 2 aliphatic rings. The van der Waals surface area contributed by atoms with Crippen molar-refractivity contribution in [3.63, 3.8) is 0 Å². The summed E-state index contributed by atoms with van der Waals surface area (Å²) in [5.74, 6) is 0. The fourth-order valence-corrected chi connectivity index (χ4v) is 1.07. The summed E-state index contributed by atoms with van der Waals surface area (Å²) >= 11 is 0. The fourth-order valence-electron chi connectivity index (χ4n) is 1.07. The Hall–Kier alpha value is -1.24. The molecular weight excluding hydrogens is 122 g/mol. The zero-order valence-electron chi connectivity index (χ0n) is 5.62. The van der Waals surface area contributed by atoms with Gasteiger partial charge < -0.3 is 4.90 Å². The molecule has 0 aromatic heterocycles. The van der Waals surface area contributed by atoms with Crippen LogP contribution in [0.25, 0.3) is 0 Å². The minimum absolute atomic E-state index is 0.935. The first-order valence-electron chi connectivity index (χ1n) is 3.37. The summed E-state index contributed by atoms with van der Waals surface area (Å²) < 4.78 is 0. The minimum Gasteiger partial charge on any atom is -0.324 e. The van der Waals surface area contributed by atoms with E-state index < -0.39 is 0 Å². The molecule has 0 bridgehead atoms. The van der Waals surface area contributed by atoms with Gasteiger partial charge in [0.15, 0.2) is 0 Å². The van der Waals surface area contributed by atoms with Crippen LogP contribution in [0.4, 0.5) is 0 Å². The van der Waals surface area contributed by atoms with Gasteiger partial charge in [0.2, 0.25) is 0 Å². The Bertz CT molecular complexity index is 243. The highest BCUT2D eigenvalue weighted by Crippen LogP contribution is 2.16. The van der Waals surface area contributed by atoms with E-state index in [2.05, 4.69) is 29.3 Å². The Morgan fingerprint density at radius 2 is 2.30 bits per heavy atom. The van der Waals surface area contributed by atoms with E-state index in [0.717, 1.165) is 12.1 Å². The Labute approximate surface area is 60.6 Å². The first-order chi connectivity index (χ1) is 4.97. The summed E-state index contributed by atoms with van der Waals surface area (Å²) in [5.41, 5.74) is 1.16. The second-order valence-electron chi connectivity index (χ2n) is 2.26. The topological polar surface area (TPSA) is 3.24 Å². The van der Waals surface area contributed by atoms with Crippen LogP contribution in [0, 0.1) is 6.08 Å². The van der Waals surface area contributed by atoms with Gasteiger partial charge in [-0.25, -0.2) is 0 Å². The molecule has 0 aromatic carbocycles. The number of hydrogen-bond donors (Lipinski definition) is 0. The first kappa shape index (κ1) is 5.54. The van der Waals surface area contributed by atoms with Crippen molar-refractivity contribution in [2.75, 3.05) is 0 Å². The van der Waals surface area contributed by atoms with Crippen LogP contribution in [-0.4, -0.2) is 4.90 Å². The summed E-state index contributed by atoms with van der Waals surface area (Å²) in [6.45, 7) is 0. The van der Waals surface area contributed by atoms with Crippen LogP contribution in [0.15, 0.2) is 42.4 Å². The van der Waals surface area contributed by atoms with Gasteiger partial charge in [0.1, 0.15) is 0 Å². The zero-order valence-corrected chi connectivity index (χ0v) is 5.62. The van der Waals surface area contributed by atoms with Crippen molar-refractivity contribution in [1.29, 1.82) is 0 Å². The molecule has 0 saturated heterocycles. The zero-order chi connectivity index (χ0) is 6.81. The van der Waals surface area contributed by atoms with E-state index in [1.165, 1.54) is 0 Å². The van der Waals surface area contributed by atoms with Gasteiger partial charge in [-0.1, -0.05) is 12.2 Å². The molecule has 0 amide bonds. The third-order valence-electron chi connectivity index (χ3n) is 1.56. The van der Waals surface area contributed by atoms with E-state index in [4.69, 9.17) is 0 Å². The molecule has 0 fully saturated rings. The van der Waals surface area contributed by atoms with Crippen LogP contribution in [0.5, 0.6) is 0 Å². The molecule has 49 valence electrons. The minimum atomic E-state index is 0.935. The van der Waals surface area contributed by atoms with Gasteiger partial charge >= 0.3 is 0 Å². The third kappa shape index (κ3) is 0.798. The maximum atomic E-state index is 3.24. The third-order valence-corrected chi connectivity index (χ3v) is 1.56. The van der Waals surface area contributed by atoms with Crippen molar-refractivity contribution >= 4 is 0 Å². The molecule has 2 aliphatic heterocycles. The van der Waals surface area contributed by atoms with E-state index in [1.54, 1.807) is 0 Å². The maximum absolute atomic E-state index is 3.24. The molecule has 0 N–H and O–H groups in total. The van der Waals surface area contributed by atoms with Crippen molar-refractivity contribution in [1.82, 2.24) is 4.90 Å². The molecule has 0 atom stereocenters. The number of nitrogens with zero attached hydrogens (tertiary/aromatic N) is 1. The quantitative estimate of drug-likeness (QED) is 0.484. The molecule has 0 saturated carbocycles. The largest absolute Gasteiger partial charge is 0.324 e. The predicted octanol–water partition coefficient (Wildman–Crippen LogP) is 1.98. The lowest BCUT2D eigenvalue weighted by molar-refractivity contribution is 0.624. The second kappa shape index (κ2) is 2.18.